The minimum atomic E-state index is -1.06. The zero-order chi connectivity index (χ0) is 31.9. The van der Waals surface area contributed by atoms with E-state index >= 15 is 0 Å². The van der Waals surface area contributed by atoms with E-state index in [2.05, 4.69) is 16.0 Å². The van der Waals surface area contributed by atoms with Crippen LogP contribution in [0.2, 0.25) is 0 Å². The van der Waals surface area contributed by atoms with Crippen LogP contribution in [0.4, 0.5) is 4.79 Å². The highest BCUT2D eigenvalue weighted by Crippen LogP contribution is 2.13. The van der Waals surface area contributed by atoms with Crippen LogP contribution in [0.1, 0.15) is 73.3 Å². The average molecular weight is 594 g/mol. The molecule has 0 saturated heterocycles. The third-order valence-electron chi connectivity index (χ3n) is 6.02. The number of aryl methyl sites for hydroxylation is 1. The maximum absolute atomic E-state index is 13.3. The monoisotopic (exact) mass is 593 g/mol. The summed E-state index contributed by atoms with van der Waals surface area (Å²) in [4.78, 5) is 51.2. The van der Waals surface area contributed by atoms with Crippen LogP contribution in [-0.2, 0) is 28.6 Å². The van der Waals surface area contributed by atoms with Gasteiger partial charge in [-0.05, 0) is 70.9 Å². The number of carbonyl (C=O) groups excluding carboxylic acids is 4. The van der Waals surface area contributed by atoms with Gasteiger partial charge in [-0.3, -0.25) is 9.59 Å². The number of methoxy groups -OCH3 is 1. The van der Waals surface area contributed by atoms with E-state index in [0.29, 0.717) is 26.1 Å². The molecule has 1 aromatic carbocycles. The molecule has 1 rings (SSSR count). The number of amides is 3. The first kappa shape index (κ1) is 36.7. The van der Waals surface area contributed by atoms with Gasteiger partial charge >= 0.3 is 12.1 Å². The molecule has 11 nitrogen and oxygen atoms in total. The number of nitrogens with one attached hydrogen (secondary N) is 3. The molecular weight excluding hydrogens is 542 g/mol. The second kappa shape index (κ2) is 18.3. The number of carbonyl (C=O) groups is 4. The van der Waals surface area contributed by atoms with E-state index in [-0.39, 0.29) is 18.4 Å². The molecule has 0 unspecified atom stereocenters. The maximum Gasteiger partial charge on any atom is 0.408 e. The highest BCUT2D eigenvalue weighted by atomic mass is 16.6. The van der Waals surface area contributed by atoms with Crippen molar-refractivity contribution in [3.8, 4) is 5.75 Å². The highest BCUT2D eigenvalue weighted by molar-refractivity contribution is 5.93. The van der Waals surface area contributed by atoms with Crippen molar-refractivity contribution in [3.05, 3.63) is 29.8 Å². The van der Waals surface area contributed by atoms with E-state index in [4.69, 9.17) is 18.9 Å². The maximum atomic E-state index is 13.3. The highest BCUT2D eigenvalue weighted by Gasteiger charge is 2.32. The Kier molecular flexibility index (Phi) is 15.9. The molecular formula is C31H51N3O8. The molecule has 1 aromatic rings. The Morgan fingerprint density at radius 1 is 0.833 bits per heavy atom. The zero-order valence-corrected chi connectivity index (χ0v) is 26.7. The topological polar surface area (TPSA) is 141 Å². The fourth-order valence-electron chi connectivity index (χ4n) is 3.85. The van der Waals surface area contributed by atoms with Gasteiger partial charge in [0.05, 0.1) is 20.3 Å². The van der Waals surface area contributed by atoms with Gasteiger partial charge in [-0.25, -0.2) is 9.59 Å². The SMILES string of the molecule is COC(=O)[C@H](COCCCCOc1ccc(C)cc1)NC(=O)[C@H](CC(C)C)NC(=O)[C@@H](NC(=O)OC(C)(C)C)C(C)C. The smallest absolute Gasteiger partial charge is 0.408 e. The van der Waals surface area contributed by atoms with Gasteiger partial charge in [0, 0.05) is 6.61 Å². The predicted octanol–water partition coefficient (Wildman–Crippen LogP) is 3.91. The lowest BCUT2D eigenvalue weighted by Crippen LogP contribution is -2.58. The van der Waals surface area contributed by atoms with Crippen LogP contribution in [0.5, 0.6) is 5.75 Å². The van der Waals surface area contributed by atoms with Crippen molar-refractivity contribution < 1.29 is 38.1 Å². The molecule has 0 bridgehead atoms. The van der Waals surface area contributed by atoms with Crippen LogP contribution < -0.4 is 20.7 Å². The summed E-state index contributed by atoms with van der Waals surface area (Å²) in [6, 6.07) is 4.87. The van der Waals surface area contributed by atoms with Gasteiger partial charge in [0.25, 0.3) is 0 Å². The molecule has 0 saturated carbocycles. The number of rotatable bonds is 17. The summed E-state index contributed by atoms with van der Waals surface area (Å²) in [5.74, 6) is -1.17. The van der Waals surface area contributed by atoms with Crippen LogP contribution in [0.15, 0.2) is 24.3 Å². The van der Waals surface area contributed by atoms with Gasteiger partial charge in [-0.2, -0.15) is 0 Å². The van der Waals surface area contributed by atoms with Crippen LogP contribution in [0.3, 0.4) is 0 Å². The predicted molar refractivity (Wildman–Crippen MR) is 160 cm³/mol. The van der Waals surface area contributed by atoms with Crippen LogP contribution in [-0.4, -0.2) is 74.5 Å². The second-order valence-corrected chi connectivity index (χ2v) is 12.1. The summed E-state index contributed by atoms with van der Waals surface area (Å²) < 4.78 is 21.5. The number of hydrogen-bond donors (Lipinski definition) is 3. The fourth-order valence-corrected chi connectivity index (χ4v) is 3.85. The summed E-state index contributed by atoms with van der Waals surface area (Å²) >= 11 is 0. The van der Waals surface area contributed by atoms with Gasteiger partial charge in [0.1, 0.15) is 23.4 Å². The van der Waals surface area contributed by atoms with Crippen molar-refractivity contribution in [2.75, 3.05) is 26.9 Å². The molecule has 3 atom stereocenters. The standard InChI is InChI=1S/C31H51N3O8/c1-20(2)18-24(32-28(36)26(21(3)4)34-30(38)42-31(6,7)8)27(35)33-25(29(37)39-9)19-40-16-10-11-17-41-23-14-12-22(5)13-15-23/h12-15,20-21,24-26H,10-11,16-19H2,1-9H3,(H,32,36)(H,33,35)(H,34,38)/t24-,25-,26-/m0/s1. The molecule has 3 N–H and O–H groups in total. The van der Waals surface area contributed by atoms with Gasteiger partial charge in [0.2, 0.25) is 11.8 Å². The van der Waals surface area contributed by atoms with Crippen LogP contribution >= 0.6 is 0 Å². The Labute approximate surface area is 250 Å². The molecule has 3 amide bonds. The lowest BCUT2D eigenvalue weighted by atomic mass is 10.00. The Bertz CT molecular complexity index is 989. The van der Waals surface area contributed by atoms with Crippen LogP contribution in [0, 0.1) is 18.8 Å². The van der Waals surface area contributed by atoms with Crippen molar-refractivity contribution in [3.63, 3.8) is 0 Å². The van der Waals surface area contributed by atoms with E-state index in [1.807, 2.05) is 45.0 Å². The number of hydrogen-bond acceptors (Lipinski definition) is 8. The third kappa shape index (κ3) is 15.0. The molecule has 0 fully saturated rings. The number of ether oxygens (including phenoxy) is 4. The lowest BCUT2D eigenvalue weighted by Gasteiger charge is -2.28. The van der Waals surface area contributed by atoms with Gasteiger partial charge in [-0.1, -0.05) is 45.4 Å². The first-order valence-electron chi connectivity index (χ1n) is 14.6. The average Bonchev–Trinajstić information content (AvgIpc) is 2.89. The normalized spacial score (nSPS) is 13.6. The molecule has 11 heteroatoms. The molecule has 0 radical (unpaired) electrons. The molecule has 0 aliphatic carbocycles. The lowest BCUT2D eigenvalue weighted by molar-refractivity contribution is -0.147. The van der Waals surface area contributed by atoms with E-state index in [9.17, 15) is 19.2 Å². The molecule has 0 aromatic heterocycles. The van der Waals surface area contributed by atoms with Crippen LogP contribution in [0.25, 0.3) is 0 Å². The molecule has 0 heterocycles. The molecule has 0 spiro atoms. The van der Waals surface area contributed by atoms with Gasteiger partial charge in [-0.15, -0.1) is 0 Å². The van der Waals surface area contributed by atoms with Gasteiger partial charge < -0.3 is 34.9 Å². The molecule has 0 aliphatic heterocycles. The molecule has 42 heavy (non-hydrogen) atoms. The summed E-state index contributed by atoms with van der Waals surface area (Å²) in [5.41, 5.74) is 0.429. The fraction of sp³-hybridized carbons (Fsp3) is 0.677. The number of benzene rings is 1. The molecule has 0 aliphatic rings. The summed E-state index contributed by atoms with van der Waals surface area (Å²) in [7, 11) is 1.23. The summed E-state index contributed by atoms with van der Waals surface area (Å²) in [6.45, 7) is 15.4. The Morgan fingerprint density at radius 2 is 1.43 bits per heavy atom. The summed E-state index contributed by atoms with van der Waals surface area (Å²) in [5, 5.41) is 7.99. The zero-order valence-electron chi connectivity index (χ0n) is 26.7. The van der Waals surface area contributed by atoms with Crippen molar-refractivity contribution >= 4 is 23.9 Å². The number of alkyl carbamates (subject to hydrolysis) is 1. The third-order valence-corrected chi connectivity index (χ3v) is 6.02. The quantitative estimate of drug-likeness (QED) is 0.182. The number of unbranched alkanes of at least 4 members (excludes halogenated alkanes) is 1. The first-order valence-corrected chi connectivity index (χ1v) is 14.6. The second-order valence-electron chi connectivity index (χ2n) is 12.1. The number of esters is 1. The van der Waals surface area contributed by atoms with Crippen molar-refractivity contribution in [2.45, 2.75) is 98.4 Å². The van der Waals surface area contributed by atoms with Crippen molar-refractivity contribution in [2.24, 2.45) is 11.8 Å². The molecule has 238 valence electrons. The first-order chi connectivity index (χ1) is 19.6. The van der Waals surface area contributed by atoms with Gasteiger partial charge in [0.15, 0.2) is 6.04 Å². The van der Waals surface area contributed by atoms with E-state index in [0.717, 1.165) is 17.7 Å². The minimum absolute atomic E-state index is 0.0484. The van der Waals surface area contributed by atoms with E-state index in [1.54, 1.807) is 34.6 Å². The van der Waals surface area contributed by atoms with E-state index < -0.39 is 47.6 Å². The summed E-state index contributed by atoms with van der Waals surface area (Å²) in [6.07, 6.45) is 1.02. The van der Waals surface area contributed by atoms with Crippen molar-refractivity contribution in [1.82, 2.24) is 16.0 Å². The Balaban J connectivity index is 2.71. The Morgan fingerprint density at radius 3 is 1.98 bits per heavy atom. The largest absolute Gasteiger partial charge is 0.494 e. The van der Waals surface area contributed by atoms with E-state index in [1.165, 1.54) is 7.11 Å². The van der Waals surface area contributed by atoms with Crippen molar-refractivity contribution in [1.29, 1.82) is 0 Å². The minimum Gasteiger partial charge on any atom is -0.494 e. The Hall–Kier alpha value is -3.34.